The van der Waals surface area contributed by atoms with Crippen molar-refractivity contribution in [3.63, 3.8) is 0 Å². The number of rotatable bonds is 5. The van der Waals surface area contributed by atoms with Crippen LogP contribution in [0.4, 0.5) is 0 Å². The summed E-state index contributed by atoms with van der Waals surface area (Å²) >= 11 is 0. The first-order valence-corrected chi connectivity index (χ1v) is 5.71. The summed E-state index contributed by atoms with van der Waals surface area (Å²) in [7, 11) is 0. The number of aromatic nitrogens is 1. The molecule has 3 heteroatoms. The summed E-state index contributed by atoms with van der Waals surface area (Å²) in [4.78, 5) is 15.8. The molecular formula is C13H20N2O. The molecule has 1 rings (SSSR count). The van der Waals surface area contributed by atoms with Gasteiger partial charge in [-0.05, 0) is 30.5 Å². The molecule has 3 nitrogen and oxygen atoms in total. The molecule has 0 amide bonds. The molecule has 0 radical (unpaired) electrons. The molecular weight excluding hydrogens is 200 g/mol. The SMILES string of the molecule is CC(C)CC(=O)Cc1cc(C(C)N)ccn1. The van der Waals surface area contributed by atoms with Gasteiger partial charge in [0, 0.05) is 30.8 Å². The van der Waals surface area contributed by atoms with E-state index in [0.717, 1.165) is 11.3 Å². The number of nitrogens with zero attached hydrogens (tertiary/aromatic N) is 1. The number of nitrogens with two attached hydrogens (primary N) is 1. The molecule has 0 bridgehead atoms. The van der Waals surface area contributed by atoms with Gasteiger partial charge in [-0.3, -0.25) is 9.78 Å². The highest BCUT2D eigenvalue weighted by Gasteiger charge is 2.08. The zero-order valence-electron chi connectivity index (χ0n) is 10.2. The fourth-order valence-corrected chi connectivity index (χ4v) is 1.61. The molecule has 0 saturated carbocycles. The quantitative estimate of drug-likeness (QED) is 0.828. The zero-order chi connectivity index (χ0) is 12.1. The van der Waals surface area contributed by atoms with Crippen LogP contribution < -0.4 is 5.73 Å². The van der Waals surface area contributed by atoms with Gasteiger partial charge in [0.15, 0.2) is 0 Å². The average Bonchev–Trinajstić information content (AvgIpc) is 2.16. The summed E-state index contributed by atoms with van der Waals surface area (Å²) < 4.78 is 0. The van der Waals surface area contributed by atoms with Crippen LogP contribution in [0.2, 0.25) is 0 Å². The third-order valence-electron chi connectivity index (χ3n) is 2.38. The predicted octanol–water partition coefficient (Wildman–Crippen LogP) is 2.26. The molecule has 16 heavy (non-hydrogen) atoms. The van der Waals surface area contributed by atoms with E-state index in [0.29, 0.717) is 18.8 Å². The lowest BCUT2D eigenvalue weighted by molar-refractivity contribution is -0.119. The Bertz CT molecular complexity index is 359. The van der Waals surface area contributed by atoms with Crippen LogP contribution >= 0.6 is 0 Å². The molecule has 1 aromatic heterocycles. The van der Waals surface area contributed by atoms with Crippen LogP contribution in [0.15, 0.2) is 18.3 Å². The summed E-state index contributed by atoms with van der Waals surface area (Å²) in [6.07, 6.45) is 2.75. The molecule has 0 fully saturated rings. The second kappa shape index (κ2) is 5.75. The van der Waals surface area contributed by atoms with Gasteiger partial charge in [0.25, 0.3) is 0 Å². The van der Waals surface area contributed by atoms with E-state index in [-0.39, 0.29) is 11.8 Å². The van der Waals surface area contributed by atoms with Crippen LogP contribution in [0.5, 0.6) is 0 Å². The van der Waals surface area contributed by atoms with Crippen LogP contribution in [0.1, 0.15) is 44.5 Å². The van der Waals surface area contributed by atoms with E-state index in [1.54, 1.807) is 6.20 Å². The van der Waals surface area contributed by atoms with Crippen LogP contribution in [-0.2, 0) is 11.2 Å². The Kier molecular flexibility index (Phi) is 4.62. The summed E-state index contributed by atoms with van der Waals surface area (Å²) in [5, 5.41) is 0. The first-order chi connectivity index (χ1) is 7.49. The summed E-state index contributed by atoms with van der Waals surface area (Å²) in [5.41, 5.74) is 7.63. The minimum Gasteiger partial charge on any atom is -0.324 e. The van der Waals surface area contributed by atoms with E-state index in [1.807, 2.05) is 32.9 Å². The van der Waals surface area contributed by atoms with Crippen molar-refractivity contribution in [1.29, 1.82) is 0 Å². The Hall–Kier alpha value is -1.22. The van der Waals surface area contributed by atoms with Gasteiger partial charge in [0.1, 0.15) is 5.78 Å². The van der Waals surface area contributed by atoms with Gasteiger partial charge in [0.05, 0.1) is 0 Å². The highest BCUT2D eigenvalue weighted by atomic mass is 16.1. The maximum atomic E-state index is 11.6. The van der Waals surface area contributed by atoms with Crippen molar-refractivity contribution in [2.45, 2.75) is 39.7 Å². The molecule has 0 aliphatic rings. The van der Waals surface area contributed by atoms with Crippen LogP contribution in [0, 0.1) is 5.92 Å². The van der Waals surface area contributed by atoms with E-state index in [9.17, 15) is 4.79 Å². The lowest BCUT2D eigenvalue weighted by Gasteiger charge is -2.07. The van der Waals surface area contributed by atoms with E-state index in [4.69, 9.17) is 5.73 Å². The third-order valence-corrected chi connectivity index (χ3v) is 2.38. The van der Waals surface area contributed by atoms with Gasteiger partial charge < -0.3 is 5.73 Å². The molecule has 0 aliphatic heterocycles. The number of carbonyl (C=O) groups is 1. The molecule has 1 unspecified atom stereocenters. The van der Waals surface area contributed by atoms with Crippen molar-refractivity contribution in [2.24, 2.45) is 11.7 Å². The average molecular weight is 220 g/mol. The van der Waals surface area contributed by atoms with Gasteiger partial charge in [-0.2, -0.15) is 0 Å². The van der Waals surface area contributed by atoms with Gasteiger partial charge in [0.2, 0.25) is 0 Å². The number of Topliss-reactive ketones (excluding diaryl/α,β-unsaturated/α-hetero) is 1. The molecule has 0 saturated heterocycles. The summed E-state index contributed by atoms with van der Waals surface area (Å²) in [6.45, 7) is 6.02. The minimum absolute atomic E-state index is 0.0121. The molecule has 1 heterocycles. The second-order valence-corrected chi connectivity index (χ2v) is 4.68. The summed E-state index contributed by atoms with van der Waals surface area (Å²) in [5.74, 6) is 0.647. The van der Waals surface area contributed by atoms with Gasteiger partial charge in [-0.25, -0.2) is 0 Å². The Morgan fingerprint density at radius 1 is 1.44 bits per heavy atom. The van der Waals surface area contributed by atoms with Crippen molar-refractivity contribution in [3.05, 3.63) is 29.6 Å². The molecule has 88 valence electrons. The van der Waals surface area contributed by atoms with Crippen molar-refractivity contribution >= 4 is 5.78 Å². The first-order valence-electron chi connectivity index (χ1n) is 5.71. The molecule has 1 atom stereocenters. The Morgan fingerprint density at radius 3 is 2.69 bits per heavy atom. The monoisotopic (exact) mass is 220 g/mol. The normalized spacial score (nSPS) is 12.8. The minimum atomic E-state index is -0.0121. The predicted molar refractivity (Wildman–Crippen MR) is 65.0 cm³/mol. The molecule has 0 spiro atoms. The topological polar surface area (TPSA) is 56.0 Å². The highest BCUT2D eigenvalue weighted by Crippen LogP contribution is 2.11. The second-order valence-electron chi connectivity index (χ2n) is 4.68. The lowest BCUT2D eigenvalue weighted by atomic mass is 10.0. The maximum absolute atomic E-state index is 11.6. The van der Waals surface area contributed by atoms with E-state index >= 15 is 0 Å². The smallest absolute Gasteiger partial charge is 0.139 e. The fourth-order valence-electron chi connectivity index (χ4n) is 1.61. The number of hydrogen-bond acceptors (Lipinski definition) is 3. The fraction of sp³-hybridized carbons (Fsp3) is 0.538. The van der Waals surface area contributed by atoms with Crippen molar-refractivity contribution in [2.75, 3.05) is 0 Å². The maximum Gasteiger partial charge on any atom is 0.139 e. The molecule has 2 N–H and O–H groups in total. The first kappa shape index (κ1) is 12.8. The molecule has 1 aromatic rings. The highest BCUT2D eigenvalue weighted by molar-refractivity contribution is 5.80. The Balaban J connectivity index is 2.67. The van der Waals surface area contributed by atoms with Crippen molar-refractivity contribution in [3.8, 4) is 0 Å². The number of pyridine rings is 1. The summed E-state index contributed by atoms with van der Waals surface area (Å²) in [6, 6.07) is 3.80. The van der Waals surface area contributed by atoms with Crippen LogP contribution in [0.3, 0.4) is 0 Å². The number of ketones is 1. The van der Waals surface area contributed by atoms with Gasteiger partial charge in [-0.1, -0.05) is 13.8 Å². The van der Waals surface area contributed by atoms with E-state index < -0.39 is 0 Å². The Labute approximate surface area is 97.1 Å². The molecule has 0 aliphatic carbocycles. The number of carbonyl (C=O) groups excluding carboxylic acids is 1. The van der Waals surface area contributed by atoms with E-state index in [2.05, 4.69) is 4.98 Å². The van der Waals surface area contributed by atoms with E-state index in [1.165, 1.54) is 0 Å². The van der Waals surface area contributed by atoms with Crippen LogP contribution in [0.25, 0.3) is 0 Å². The van der Waals surface area contributed by atoms with Gasteiger partial charge in [-0.15, -0.1) is 0 Å². The van der Waals surface area contributed by atoms with Crippen molar-refractivity contribution in [1.82, 2.24) is 4.98 Å². The number of hydrogen-bond donors (Lipinski definition) is 1. The van der Waals surface area contributed by atoms with Crippen LogP contribution in [-0.4, -0.2) is 10.8 Å². The third kappa shape index (κ3) is 4.11. The Morgan fingerprint density at radius 2 is 2.12 bits per heavy atom. The zero-order valence-corrected chi connectivity index (χ0v) is 10.2. The molecule has 0 aromatic carbocycles. The lowest BCUT2D eigenvalue weighted by Crippen LogP contribution is -2.10. The standard InChI is InChI=1S/C13H20N2O/c1-9(2)6-13(16)8-12-7-11(10(3)14)4-5-15-12/h4-5,7,9-10H,6,8,14H2,1-3H3. The largest absolute Gasteiger partial charge is 0.324 e. The van der Waals surface area contributed by atoms with Gasteiger partial charge >= 0.3 is 0 Å². The van der Waals surface area contributed by atoms with Crippen molar-refractivity contribution < 1.29 is 4.79 Å².